The van der Waals surface area contributed by atoms with Crippen molar-refractivity contribution in [2.24, 2.45) is 5.92 Å². The summed E-state index contributed by atoms with van der Waals surface area (Å²) < 4.78 is 13.2. The van der Waals surface area contributed by atoms with E-state index in [1.165, 1.54) is 44.6 Å². The van der Waals surface area contributed by atoms with Crippen molar-refractivity contribution in [1.82, 2.24) is 5.32 Å². The Morgan fingerprint density at radius 1 is 1.22 bits per heavy atom. The number of rotatable bonds is 5. The smallest absolute Gasteiger partial charge is 0.142 e. The maximum absolute atomic E-state index is 13.2. The number of hydrogen-bond acceptors (Lipinski definition) is 1. The predicted molar refractivity (Wildman–Crippen MR) is 74.3 cm³/mol. The summed E-state index contributed by atoms with van der Waals surface area (Å²) in [5.41, 5.74) is 0.848. The first-order chi connectivity index (χ1) is 8.77. The lowest BCUT2D eigenvalue weighted by Crippen LogP contribution is -2.19. The van der Waals surface area contributed by atoms with Crippen molar-refractivity contribution in [1.29, 1.82) is 0 Å². The van der Waals surface area contributed by atoms with Crippen LogP contribution in [0.3, 0.4) is 0 Å². The lowest BCUT2D eigenvalue weighted by Gasteiger charge is -2.21. The van der Waals surface area contributed by atoms with E-state index < -0.39 is 0 Å². The summed E-state index contributed by atoms with van der Waals surface area (Å²) >= 11 is 5.91. The summed E-state index contributed by atoms with van der Waals surface area (Å²) in [5.74, 6) is 0.553. The highest BCUT2D eigenvalue weighted by Crippen LogP contribution is 2.26. The SMILES string of the molecule is Fc1cccc(CNCCC2CCCCC2)c1Cl. The van der Waals surface area contributed by atoms with Gasteiger partial charge in [0.25, 0.3) is 0 Å². The molecule has 1 nitrogen and oxygen atoms in total. The van der Waals surface area contributed by atoms with Gasteiger partial charge in [-0.1, -0.05) is 55.8 Å². The second-order valence-electron chi connectivity index (χ2n) is 5.18. The van der Waals surface area contributed by atoms with Crippen molar-refractivity contribution < 1.29 is 4.39 Å². The van der Waals surface area contributed by atoms with Crippen LogP contribution in [0.1, 0.15) is 44.1 Å². The summed E-state index contributed by atoms with van der Waals surface area (Å²) in [6.07, 6.45) is 8.17. The second kappa shape index (κ2) is 7.10. The van der Waals surface area contributed by atoms with Crippen LogP contribution >= 0.6 is 11.6 Å². The van der Waals surface area contributed by atoms with Gasteiger partial charge in [-0.05, 0) is 30.5 Å². The Bertz CT molecular complexity index is 375. The fraction of sp³-hybridized carbons (Fsp3) is 0.600. The molecule has 0 saturated heterocycles. The van der Waals surface area contributed by atoms with E-state index >= 15 is 0 Å². The van der Waals surface area contributed by atoms with Crippen LogP contribution in [0.15, 0.2) is 18.2 Å². The Morgan fingerprint density at radius 2 is 2.00 bits per heavy atom. The van der Waals surface area contributed by atoms with Crippen LogP contribution in [0.25, 0.3) is 0 Å². The highest BCUT2D eigenvalue weighted by Gasteiger charge is 2.12. The van der Waals surface area contributed by atoms with Crippen molar-refractivity contribution in [3.63, 3.8) is 0 Å². The molecule has 1 aliphatic rings. The quantitative estimate of drug-likeness (QED) is 0.774. The van der Waals surface area contributed by atoms with Gasteiger partial charge in [0.05, 0.1) is 5.02 Å². The molecule has 0 heterocycles. The summed E-state index contributed by atoms with van der Waals surface area (Å²) in [6, 6.07) is 4.98. The van der Waals surface area contributed by atoms with Crippen LogP contribution in [-0.2, 0) is 6.54 Å². The van der Waals surface area contributed by atoms with Gasteiger partial charge in [-0.2, -0.15) is 0 Å². The zero-order valence-corrected chi connectivity index (χ0v) is 11.5. The molecule has 0 aliphatic heterocycles. The van der Waals surface area contributed by atoms with Crippen LogP contribution < -0.4 is 5.32 Å². The first-order valence-electron chi connectivity index (χ1n) is 6.91. The molecule has 0 atom stereocenters. The van der Waals surface area contributed by atoms with Gasteiger partial charge in [-0.25, -0.2) is 4.39 Å². The third-order valence-corrected chi connectivity index (χ3v) is 4.22. The van der Waals surface area contributed by atoms with Crippen molar-refractivity contribution >= 4 is 11.6 Å². The van der Waals surface area contributed by atoms with E-state index in [4.69, 9.17) is 11.6 Å². The first-order valence-corrected chi connectivity index (χ1v) is 7.29. The van der Waals surface area contributed by atoms with Crippen LogP contribution in [0.2, 0.25) is 5.02 Å². The van der Waals surface area contributed by atoms with Gasteiger partial charge in [0.1, 0.15) is 5.82 Å². The van der Waals surface area contributed by atoms with Crippen LogP contribution in [-0.4, -0.2) is 6.54 Å². The Kier molecular flexibility index (Phi) is 5.45. The molecule has 0 unspecified atom stereocenters. The van der Waals surface area contributed by atoms with Gasteiger partial charge in [0.15, 0.2) is 0 Å². The summed E-state index contributed by atoms with van der Waals surface area (Å²) in [5, 5.41) is 3.62. The van der Waals surface area contributed by atoms with Crippen molar-refractivity contribution in [2.45, 2.75) is 45.1 Å². The monoisotopic (exact) mass is 269 g/mol. The topological polar surface area (TPSA) is 12.0 Å². The molecule has 0 spiro atoms. The Balaban J connectivity index is 1.70. The molecule has 3 heteroatoms. The molecule has 1 aromatic carbocycles. The molecule has 0 amide bonds. The lowest BCUT2D eigenvalue weighted by molar-refractivity contribution is 0.334. The maximum Gasteiger partial charge on any atom is 0.142 e. The van der Waals surface area contributed by atoms with Gasteiger partial charge < -0.3 is 5.32 Å². The number of benzene rings is 1. The molecule has 18 heavy (non-hydrogen) atoms. The van der Waals surface area contributed by atoms with Gasteiger partial charge in [0.2, 0.25) is 0 Å². The normalized spacial score (nSPS) is 17.0. The molecular weight excluding hydrogens is 249 g/mol. The molecule has 0 aromatic heterocycles. The Hall–Kier alpha value is -0.600. The Morgan fingerprint density at radius 3 is 2.78 bits per heavy atom. The summed E-state index contributed by atoms with van der Waals surface area (Å²) in [6.45, 7) is 1.65. The molecule has 1 saturated carbocycles. The van der Waals surface area contributed by atoms with E-state index in [9.17, 15) is 4.39 Å². The highest BCUT2D eigenvalue weighted by molar-refractivity contribution is 6.31. The largest absolute Gasteiger partial charge is 0.313 e. The summed E-state index contributed by atoms with van der Waals surface area (Å²) in [4.78, 5) is 0. The highest BCUT2D eigenvalue weighted by atomic mass is 35.5. The van der Waals surface area contributed by atoms with Gasteiger partial charge in [0, 0.05) is 6.54 Å². The van der Waals surface area contributed by atoms with E-state index in [1.807, 2.05) is 6.07 Å². The van der Waals surface area contributed by atoms with Crippen molar-refractivity contribution in [3.05, 3.63) is 34.6 Å². The van der Waals surface area contributed by atoms with E-state index in [-0.39, 0.29) is 10.8 Å². The second-order valence-corrected chi connectivity index (χ2v) is 5.56. The van der Waals surface area contributed by atoms with E-state index in [0.29, 0.717) is 6.54 Å². The fourth-order valence-corrected chi connectivity index (χ4v) is 2.88. The zero-order valence-electron chi connectivity index (χ0n) is 10.7. The van der Waals surface area contributed by atoms with E-state index in [0.717, 1.165) is 18.0 Å². The van der Waals surface area contributed by atoms with Crippen LogP contribution in [0.4, 0.5) is 4.39 Å². The molecule has 0 bridgehead atoms. The minimum absolute atomic E-state index is 0.252. The van der Waals surface area contributed by atoms with Crippen LogP contribution in [0, 0.1) is 11.7 Å². The van der Waals surface area contributed by atoms with E-state index in [2.05, 4.69) is 5.32 Å². The fourth-order valence-electron chi connectivity index (χ4n) is 2.69. The molecule has 1 aliphatic carbocycles. The predicted octanol–water partition coefficient (Wildman–Crippen LogP) is 4.54. The first kappa shape index (κ1) is 13.8. The standard InChI is InChI=1S/C15H21ClFN/c16-15-13(7-4-8-14(15)17)11-18-10-9-12-5-2-1-3-6-12/h4,7-8,12,18H,1-3,5-6,9-11H2. The van der Waals surface area contributed by atoms with Gasteiger partial charge in [-0.3, -0.25) is 0 Å². The molecule has 1 N–H and O–H groups in total. The molecule has 2 rings (SSSR count). The average Bonchev–Trinajstić information content (AvgIpc) is 2.40. The van der Waals surface area contributed by atoms with Crippen molar-refractivity contribution in [2.75, 3.05) is 6.54 Å². The third kappa shape index (κ3) is 3.96. The lowest BCUT2D eigenvalue weighted by atomic mass is 9.87. The minimum atomic E-state index is -0.330. The number of nitrogens with one attached hydrogen (secondary N) is 1. The number of halogens is 2. The summed E-state index contributed by atoms with van der Waals surface area (Å²) in [7, 11) is 0. The average molecular weight is 270 g/mol. The molecule has 1 fully saturated rings. The van der Waals surface area contributed by atoms with Gasteiger partial charge in [-0.15, -0.1) is 0 Å². The Labute approximate surface area is 114 Å². The van der Waals surface area contributed by atoms with E-state index in [1.54, 1.807) is 6.07 Å². The van der Waals surface area contributed by atoms with Crippen LogP contribution in [0.5, 0.6) is 0 Å². The minimum Gasteiger partial charge on any atom is -0.313 e. The molecule has 1 aromatic rings. The third-order valence-electron chi connectivity index (χ3n) is 3.80. The molecule has 100 valence electrons. The van der Waals surface area contributed by atoms with Crippen molar-refractivity contribution in [3.8, 4) is 0 Å². The molecule has 0 radical (unpaired) electrons. The van der Waals surface area contributed by atoms with Gasteiger partial charge >= 0.3 is 0 Å². The maximum atomic E-state index is 13.2. The molecular formula is C15H21ClFN. The zero-order chi connectivity index (χ0) is 12.8. The number of hydrogen-bond donors (Lipinski definition) is 1.